The normalized spacial score (nSPS) is 11.3. The lowest BCUT2D eigenvalue weighted by Gasteiger charge is -2.09. The first-order chi connectivity index (χ1) is 19.6. The van der Waals surface area contributed by atoms with Gasteiger partial charge in [0.1, 0.15) is 11.5 Å². The van der Waals surface area contributed by atoms with E-state index in [9.17, 15) is 4.79 Å². The molecule has 0 saturated heterocycles. The Morgan fingerprint density at radius 1 is 0.775 bits per heavy atom. The highest BCUT2D eigenvalue weighted by Gasteiger charge is 2.09. The SMILES string of the molecule is CCCCCCCCCCOc1ccc(C(=O)Oc2ccc(C#Cc3ccnc(OC[C@@H](C)CC)c3)cc2)cc1. The van der Waals surface area contributed by atoms with Gasteiger partial charge < -0.3 is 14.2 Å². The minimum atomic E-state index is -0.407. The van der Waals surface area contributed by atoms with E-state index in [4.69, 9.17) is 14.2 Å². The van der Waals surface area contributed by atoms with Gasteiger partial charge in [-0.05, 0) is 66.9 Å². The Morgan fingerprint density at radius 3 is 2.12 bits per heavy atom. The molecule has 0 fully saturated rings. The molecular formula is C35H43NO4. The lowest BCUT2D eigenvalue weighted by Crippen LogP contribution is -2.08. The molecule has 3 aromatic rings. The van der Waals surface area contributed by atoms with Crippen molar-refractivity contribution in [3.05, 3.63) is 83.6 Å². The molecule has 0 unspecified atom stereocenters. The molecular weight excluding hydrogens is 498 g/mol. The molecule has 0 spiro atoms. The predicted octanol–water partition coefficient (Wildman–Crippen LogP) is 8.65. The molecule has 0 aliphatic carbocycles. The molecule has 5 heteroatoms. The Morgan fingerprint density at radius 2 is 1.43 bits per heavy atom. The van der Waals surface area contributed by atoms with Gasteiger partial charge in [-0.1, -0.05) is 84.0 Å². The number of hydrogen-bond donors (Lipinski definition) is 0. The number of rotatable bonds is 16. The van der Waals surface area contributed by atoms with E-state index in [1.807, 2.05) is 36.4 Å². The van der Waals surface area contributed by atoms with Crippen LogP contribution in [0.2, 0.25) is 0 Å². The standard InChI is InChI=1S/C35H43NO4/c1-4-6-7-8-9-10-11-12-25-38-32-21-17-31(18-22-32)35(37)40-33-19-15-29(16-20-33)13-14-30-23-24-36-34(26-30)39-27-28(3)5-2/h15-24,26,28H,4-12,25,27H2,1-3H3/t28-/m0/s1. The zero-order valence-electron chi connectivity index (χ0n) is 24.3. The Balaban J connectivity index is 1.41. The maximum absolute atomic E-state index is 12.6. The van der Waals surface area contributed by atoms with Crippen molar-refractivity contribution in [2.75, 3.05) is 13.2 Å². The van der Waals surface area contributed by atoms with E-state index >= 15 is 0 Å². The summed E-state index contributed by atoms with van der Waals surface area (Å²) < 4.78 is 17.1. The van der Waals surface area contributed by atoms with Crippen molar-refractivity contribution >= 4 is 5.97 Å². The van der Waals surface area contributed by atoms with Crippen molar-refractivity contribution in [3.8, 4) is 29.2 Å². The van der Waals surface area contributed by atoms with Crippen LogP contribution >= 0.6 is 0 Å². The molecule has 5 nitrogen and oxygen atoms in total. The average molecular weight is 542 g/mol. The fourth-order valence-corrected chi connectivity index (χ4v) is 3.94. The minimum absolute atomic E-state index is 0.407. The molecule has 0 amide bonds. The van der Waals surface area contributed by atoms with Gasteiger partial charge in [0.15, 0.2) is 0 Å². The van der Waals surface area contributed by atoms with E-state index in [-0.39, 0.29) is 0 Å². The van der Waals surface area contributed by atoms with Crippen molar-refractivity contribution in [3.63, 3.8) is 0 Å². The third-order valence-corrected chi connectivity index (χ3v) is 6.72. The van der Waals surface area contributed by atoms with Gasteiger partial charge in [0, 0.05) is 23.4 Å². The Kier molecular flexibility index (Phi) is 13.6. The van der Waals surface area contributed by atoms with E-state index in [2.05, 4.69) is 37.6 Å². The Hall–Kier alpha value is -3.78. The number of carbonyl (C=O) groups excluding carboxylic acids is 1. The van der Waals surface area contributed by atoms with Gasteiger partial charge in [-0.3, -0.25) is 0 Å². The second-order valence-corrected chi connectivity index (χ2v) is 10.2. The number of pyridine rings is 1. The van der Waals surface area contributed by atoms with Crippen LogP contribution in [0.3, 0.4) is 0 Å². The van der Waals surface area contributed by atoms with Crippen molar-refractivity contribution < 1.29 is 19.0 Å². The number of carbonyl (C=O) groups is 1. The number of esters is 1. The summed E-state index contributed by atoms with van der Waals surface area (Å²) >= 11 is 0. The van der Waals surface area contributed by atoms with Crippen LogP contribution in [0, 0.1) is 17.8 Å². The molecule has 40 heavy (non-hydrogen) atoms. The molecule has 0 aliphatic rings. The molecule has 0 saturated carbocycles. The van der Waals surface area contributed by atoms with Crippen molar-refractivity contribution in [2.45, 2.75) is 78.6 Å². The lowest BCUT2D eigenvalue weighted by molar-refractivity contribution is 0.0734. The second-order valence-electron chi connectivity index (χ2n) is 10.2. The van der Waals surface area contributed by atoms with Crippen LogP contribution < -0.4 is 14.2 Å². The van der Waals surface area contributed by atoms with Gasteiger partial charge >= 0.3 is 5.97 Å². The van der Waals surface area contributed by atoms with Crippen molar-refractivity contribution in [1.82, 2.24) is 4.98 Å². The molecule has 0 radical (unpaired) electrons. The summed E-state index contributed by atoms with van der Waals surface area (Å²) in [5.74, 6) is 8.16. The molecule has 2 aromatic carbocycles. The predicted molar refractivity (Wildman–Crippen MR) is 161 cm³/mol. The van der Waals surface area contributed by atoms with E-state index < -0.39 is 5.97 Å². The zero-order chi connectivity index (χ0) is 28.4. The molecule has 212 valence electrons. The van der Waals surface area contributed by atoms with Gasteiger partial charge in [-0.2, -0.15) is 0 Å². The summed E-state index contributed by atoms with van der Waals surface area (Å²) in [7, 11) is 0. The van der Waals surface area contributed by atoms with E-state index in [0.29, 0.717) is 36.3 Å². The first kappa shape index (κ1) is 30.8. The number of ether oxygens (including phenoxy) is 3. The fourth-order valence-electron chi connectivity index (χ4n) is 3.94. The average Bonchev–Trinajstić information content (AvgIpc) is 2.99. The molecule has 0 bridgehead atoms. The number of hydrogen-bond acceptors (Lipinski definition) is 5. The minimum Gasteiger partial charge on any atom is -0.494 e. The third kappa shape index (κ3) is 11.5. The summed E-state index contributed by atoms with van der Waals surface area (Å²) in [4.78, 5) is 16.8. The molecule has 1 aromatic heterocycles. The van der Waals surface area contributed by atoms with Gasteiger partial charge in [0.25, 0.3) is 0 Å². The number of unbranched alkanes of at least 4 members (excludes halogenated alkanes) is 7. The van der Waals surface area contributed by atoms with Crippen molar-refractivity contribution in [2.24, 2.45) is 5.92 Å². The molecule has 0 N–H and O–H groups in total. The largest absolute Gasteiger partial charge is 0.494 e. The molecule has 3 rings (SSSR count). The number of aromatic nitrogens is 1. The van der Waals surface area contributed by atoms with Gasteiger partial charge in [0.05, 0.1) is 18.8 Å². The maximum atomic E-state index is 12.6. The third-order valence-electron chi connectivity index (χ3n) is 6.72. The molecule has 1 atom stereocenters. The Labute approximate surface area is 240 Å². The van der Waals surface area contributed by atoms with Crippen LogP contribution in [-0.2, 0) is 0 Å². The van der Waals surface area contributed by atoms with Gasteiger partial charge in [-0.15, -0.1) is 0 Å². The van der Waals surface area contributed by atoms with E-state index in [1.165, 1.54) is 44.9 Å². The van der Waals surface area contributed by atoms with Crippen molar-refractivity contribution in [1.29, 1.82) is 0 Å². The second kappa shape index (κ2) is 17.7. The molecule has 0 aliphatic heterocycles. The summed E-state index contributed by atoms with van der Waals surface area (Å²) in [6.07, 6.45) is 12.9. The fraction of sp³-hybridized carbons (Fsp3) is 0.429. The monoisotopic (exact) mass is 541 g/mol. The van der Waals surface area contributed by atoms with Crippen LogP contribution in [0.25, 0.3) is 0 Å². The van der Waals surface area contributed by atoms with Gasteiger partial charge in [0.2, 0.25) is 5.88 Å². The number of benzene rings is 2. The smallest absolute Gasteiger partial charge is 0.343 e. The highest BCUT2D eigenvalue weighted by molar-refractivity contribution is 5.91. The molecule has 1 heterocycles. The zero-order valence-corrected chi connectivity index (χ0v) is 24.3. The quantitative estimate of drug-likeness (QED) is 0.0786. The first-order valence-corrected chi connectivity index (χ1v) is 14.7. The lowest BCUT2D eigenvalue weighted by atomic mass is 10.1. The van der Waals surface area contributed by atoms with E-state index in [1.54, 1.807) is 30.5 Å². The van der Waals surface area contributed by atoms with Crippen LogP contribution in [0.5, 0.6) is 17.4 Å². The van der Waals surface area contributed by atoms with Crippen LogP contribution in [0.4, 0.5) is 0 Å². The van der Waals surface area contributed by atoms with Crippen LogP contribution in [0.15, 0.2) is 66.9 Å². The topological polar surface area (TPSA) is 57.7 Å². The van der Waals surface area contributed by atoms with E-state index in [0.717, 1.165) is 29.7 Å². The summed E-state index contributed by atoms with van der Waals surface area (Å²) in [6.45, 7) is 7.87. The maximum Gasteiger partial charge on any atom is 0.343 e. The summed E-state index contributed by atoms with van der Waals surface area (Å²) in [6, 6.07) is 18.0. The summed E-state index contributed by atoms with van der Waals surface area (Å²) in [5.41, 5.74) is 2.12. The first-order valence-electron chi connectivity index (χ1n) is 14.7. The van der Waals surface area contributed by atoms with Gasteiger partial charge in [-0.25, -0.2) is 9.78 Å². The van der Waals surface area contributed by atoms with Crippen LogP contribution in [-0.4, -0.2) is 24.2 Å². The van der Waals surface area contributed by atoms with Crippen LogP contribution in [0.1, 0.15) is 100 Å². The highest BCUT2D eigenvalue weighted by atomic mass is 16.5. The summed E-state index contributed by atoms with van der Waals surface area (Å²) in [5, 5.41) is 0. The Bertz CT molecular complexity index is 1210. The number of nitrogens with zero attached hydrogens (tertiary/aromatic N) is 1. The highest BCUT2D eigenvalue weighted by Crippen LogP contribution is 2.18.